The molecule has 1 aromatic rings. The van der Waals surface area contributed by atoms with Crippen molar-refractivity contribution in [3.63, 3.8) is 0 Å². The van der Waals surface area contributed by atoms with Gasteiger partial charge in [-0.3, -0.25) is 14.5 Å². The van der Waals surface area contributed by atoms with E-state index in [0.717, 1.165) is 4.90 Å². The second-order valence-corrected chi connectivity index (χ2v) is 7.45. The third kappa shape index (κ3) is 2.89. The molecule has 0 spiro atoms. The normalized spacial score (nSPS) is 23.5. The Kier molecular flexibility index (Phi) is 4.22. The average Bonchev–Trinajstić information content (AvgIpc) is 2.94. The minimum absolute atomic E-state index is 0.121. The highest BCUT2D eigenvalue weighted by Gasteiger charge is 2.34. The van der Waals surface area contributed by atoms with Crippen molar-refractivity contribution >= 4 is 27.5 Å². The van der Waals surface area contributed by atoms with Gasteiger partial charge in [-0.15, -0.1) is 0 Å². The molecule has 0 aromatic heterocycles. The van der Waals surface area contributed by atoms with E-state index in [1.54, 1.807) is 6.92 Å². The molecule has 0 saturated carbocycles. The average molecular weight is 338 g/mol. The highest BCUT2D eigenvalue weighted by atomic mass is 32.2. The highest BCUT2D eigenvalue weighted by Crippen LogP contribution is 2.26. The van der Waals surface area contributed by atoms with E-state index in [2.05, 4.69) is 0 Å². The molecule has 2 amide bonds. The Labute approximate surface area is 134 Å². The summed E-state index contributed by atoms with van der Waals surface area (Å²) >= 11 is 0. The van der Waals surface area contributed by atoms with E-state index in [0.29, 0.717) is 38.1 Å². The summed E-state index contributed by atoms with van der Waals surface area (Å²) in [5, 5.41) is 0. The second-order valence-electron chi connectivity index (χ2n) is 5.56. The molecule has 1 atom stereocenters. The van der Waals surface area contributed by atoms with Crippen molar-refractivity contribution in [1.29, 1.82) is 0 Å². The molecular weight excluding hydrogens is 320 g/mol. The maximum atomic E-state index is 12.6. The van der Waals surface area contributed by atoms with Crippen LogP contribution < -0.4 is 4.90 Å². The van der Waals surface area contributed by atoms with Gasteiger partial charge in [-0.2, -0.15) is 4.31 Å². The van der Waals surface area contributed by atoms with Crippen LogP contribution in [0.25, 0.3) is 0 Å². The van der Waals surface area contributed by atoms with E-state index in [9.17, 15) is 18.0 Å². The van der Waals surface area contributed by atoms with E-state index in [1.165, 1.54) is 28.6 Å². The quantitative estimate of drug-likeness (QED) is 0.771. The molecule has 0 N–H and O–H groups in total. The van der Waals surface area contributed by atoms with Gasteiger partial charge in [0.05, 0.1) is 17.2 Å². The number of amides is 2. The number of carbonyl (C=O) groups excluding carboxylic acids is 2. The smallest absolute Gasteiger partial charge is 0.245 e. The Bertz CT molecular complexity index is 713. The van der Waals surface area contributed by atoms with Crippen LogP contribution in [-0.2, 0) is 24.3 Å². The first-order valence-corrected chi connectivity index (χ1v) is 8.94. The zero-order valence-corrected chi connectivity index (χ0v) is 13.6. The van der Waals surface area contributed by atoms with Gasteiger partial charge in [-0.1, -0.05) is 0 Å². The number of benzene rings is 1. The predicted molar refractivity (Wildman–Crippen MR) is 82.1 cm³/mol. The van der Waals surface area contributed by atoms with Crippen LogP contribution in [0.15, 0.2) is 29.2 Å². The summed E-state index contributed by atoms with van der Waals surface area (Å²) in [7, 11) is -3.64. The fraction of sp³-hybridized carbons (Fsp3) is 0.467. The number of anilines is 1. The van der Waals surface area contributed by atoms with Crippen molar-refractivity contribution in [2.45, 2.75) is 37.3 Å². The standard InChI is InChI=1S/C15H18N2O5S/c1-11-16(9-10-22-11)23(20,21)13-7-5-12(6-8-13)17-14(18)3-2-4-15(17)19/h5-8,11H,2-4,9-10H2,1H3. The summed E-state index contributed by atoms with van der Waals surface area (Å²) in [4.78, 5) is 25.0. The van der Waals surface area contributed by atoms with Crippen LogP contribution in [-0.4, -0.2) is 43.9 Å². The highest BCUT2D eigenvalue weighted by molar-refractivity contribution is 7.89. The first-order valence-electron chi connectivity index (χ1n) is 7.50. The van der Waals surface area contributed by atoms with Gasteiger partial charge < -0.3 is 4.74 Å². The number of ether oxygens (including phenoxy) is 1. The molecule has 1 aromatic carbocycles. The Hall–Kier alpha value is -1.77. The van der Waals surface area contributed by atoms with Crippen molar-refractivity contribution < 1.29 is 22.7 Å². The first-order chi connectivity index (χ1) is 10.9. The lowest BCUT2D eigenvalue weighted by atomic mass is 10.1. The van der Waals surface area contributed by atoms with Gasteiger partial charge in [0, 0.05) is 19.4 Å². The van der Waals surface area contributed by atoms with Crippen LogP contribution in [0.3, 0.4) is 0 Å². The zero-order valence-electron chi connectivity index (χ0n) is 12.8. The SMILES string of the molecule is CC1OCCN1S(=O)(=O)c1ccc(N2C(=O)CCCC2=O)cc1. The molecule has 0 radical (unpaired) electrons. The molecule has 8 heteroatoms. The topological polar surface area (TPSA) is 84.0 Å². The lowest BCUT2D eigenvalue weighted by molar-refractivity contribution is -0.129. The van der Waals surface area contributed by atoms with E-state index < -0.39 is 16.3 Å². The van der Waals surface area contributed by atoms with Crippen molar-refractivity contribution in [2.24, 2.45) is 0 Å². The number of carbonyl (C=O) groups is 2. The molecule has 2 heterocycles. The number of hydrogen-bond acceptors (Lipinski definition) is 5. The molecular formula is C15H18N2O5S. The number of rotatable bonds is 3. The van der Waals surface area contributed by atoms with E-state index in [4.69, 9.17) is 4.74 Å². The van der Waals surface area contributed by atoms with Crippen LogP contribution in [0.5, 0.6) is 0 Å². The molecule has 2 fully saturated rings. The zero-order chi connectivity index (χ0) is 16.6. The first kappa shape index (κ1) is 16.1. The number of piperidine rings is 1. The minimum Gasteiger partial charge on any atom is -0.361 e. The van der Waals surface area contributed by atoms with Gasteiger partial charge in [0.2, 0.25) is 21.8 Å². The van der Waals surface area contributed by atoms with Crippen LogP contribution in [0.1, 0.15) is 26.2 Å². The van der Waals surface area contributed by atoms with Crippen molar-refractivity contribution in [3.05, 3.63) is 24.3 Å². The maximum Gasteiger partial charge on any atom is 0.245 e. The number of imide groups is 1. The van der Waals surface area contributed by atoms with Crippen LogP contribution in [0, 0.1) is 0 Å². The van der Waals surface area contributed by atoms with Gasteiger partial charge >= 0.3 is 0 Å². The van der Waals surface area contributed by atoms with Gasteiger partial charge in [0.15, 0.2) is 0 Å². The molecule has 2 saturated heterocycles. The van der Waals surface area contributed by atoms with E-state index in [1.807, 2.05) is 0 Å². The van der Waals surface area contributed by atoms with E-state index >= 15 is 0 Å². The van der Waals surface area contributed by atoms with Crippen molar-refractivity contribution in [2.75, 3.05) is 18.1 Å². The summed E-state index contributed by atoms with van der Waals surface area (Å²) < 4.78 is 31.7. The third-order valence-corrected chi connectivity index (χ3v) is 6.02. The molecule has 7 nitrogen and oxygen atoms in total. The number of nitrogens with zero attached hydrogens (tertiary/aromatic N) is 2. The molecule has 124 valence electrons. The summed E-state index contributed by atoms with van der Waals surface area (Å²) in [6, 6.07) is 5.83. The Morgan fingerprint density at radius 1 is 1.09 bits per heavy atom. The summed E-state index contributed by atoms with van der Waals surface area (Å²) in [6.07, 6.45) is 0.723. The van der Waals surface area contributed by atoms with Gasteiger partial charge in [0.1, 0.15) is 6.23 Å². The molecule has 3 rings (SSSR count). The summed E-state index contributed by atoms with van der Waals surface area (Å²) in [6.45, 7) is 2.37. The molecule has 23 heavy (non-hydrogen) atoms. The van der Waals surface area contributed by atoms with Crippen LogP contribution in [0.2, 0.25) is 0 Å². The van der Waals surface area contributed by atoms with Gasteiger partial charge in [-0.05, 0) is 37.6 Å². The van der Waals surface area contributed by atoms with Gasteiger partial charge in [0.25, 0.3) is 0 Å². The predicted octanol–water partition coefficient (Wildman–Crippen LogP) is 1.10. The summed E-state index contributed by atoms with van der Waals surface area (Å²) in [5.74, 6) is -0.503. The molecule has 0 aliphatic carbocycles. The molecule has 2 aliphatic rings. The Morgan fingerprint density at radius 2 is 1.70 bits per heavy atom. The van der Waals surface area contributed by atoms with Gasteiger partial charge in [-0.25, -0.2) is 8.42 Å². The molecule has 2 aliphatic heterocycles. The van der Waals surface area contributed by atoms with Crippen LogP contribution in [0.4, 0.5) is 5.69 Å². The monoisotopic (exact) mass is 338 g/mol. The number of sulfonamides is 1. The maximum absolute atomic E-state index is 12.6. The lowest BCUT2D eigenvalue weighted by Gasteiger charge is -2.25. The Balaban J connectivity index is 1.87. The molecule has 1 unspecified atom stereocenters. The lowest BCUT2D eigenvalue weighted by Crippen LogP contribution is -2.40. The van der Waals surface area contributed by atoms with E-state index in [-0.39, 0.29) is 16.7 Å². The Morgan fingerprint density at radius 3 is 2.22 bits per heavy atom. The van der Waals surface area contributed by atoms with Crippen molar-refractivity contribution in [3.8, 4) is 0 Å². The third-order valence-electron chi connectivity index (χ3n) is 4.06. The van der Waals surface area contributed by atoms with Crippen LogP contribution >= 0.6 is 0 Å². The fourth-order valence-electron chi connectivity index (χ4n) is 2.84. The van der Waals surface area contributed by atoms with Crippen molar-refractivity contribution in [1.82, 2.24) is 4.31 Å². The largest absolute Gasteiger partial charge is 0.361 e. The number of hydrogen-bond donors (Lipinski definition) is 0. The second kappa shape index (κ2) is 6.03. The summed E-state index contributed by atoms with van der Waals surface area (Å²) in [5.41, 5.74) is 0.407. The fourth-order valence-corrected chi connectivity index (χ4v) is 4.36. The minimum atomic E-state index is -3.64. The molecule has 0 bridgehead atoms.